The summed E-state index contributed by atoms with van der Waals surface area (Å²) in [5.74, 6) is 2.85. The third-order valence-corrected chi connectivity index (χ3v) is 10.1. The van der Waals surface area contributed by atoms with Crippen LogP contribution in [0.4, 0.5) is 0 Å². The number of carbonyl (C=O) groups is 1. The minimum Gasteiger partial charge on any atom is -0.325 e. The maximum atomic E-state index is 13.6. The summed E-state index contributed by atoms with van der Waals surface area (Å²) >= 11 is 0. The van der Waals surface area contributed by atoms with Gasteiger partial charge in [0.1, 0.15) is 0 Å². The second kappa shape index (κ2) is 8.81. The molecular weight excluding hydrogens is 414 g/mol. The van der Waals surface area contributed by atoms with Gasteiger partial charge in [0, 0.05) is 23.7 Å². The SMILES string of the molecule is CCC(CONC1=CC(=O)[C@@]2(C)C(CCC3C4CCC[C@@]4(C)CCC32)C1)n1cc(CN)nn1. The number of aromatic nitrogens is 3. The number of nitrogens with two attached hydrogens (primary N) is 1. The first-order chi connectivity index (χ1) is 15.9. The van der Waals surface area contributed by atoms with Crippen LogP contribution in [0.1, 0.15) is 90.3 Å². The summed E-state index contributed by atoms with van der Waals surface area (Å²) in [4.78, 5) is 19.5. The van der Waals surface area contributed by atoms with Crippen LogP contribution in [0.25, 0.3) is 0 Å². The largest absolute Gasteiger partial charge is 0.325 e. The number of hydrogen-bond acceptors (Lipinski definition) is 6. The number of rotatable bonds is 7. The van der Waals surface area contributed by atoms with E-state index in [2.05, 4.69) is 36.6 Å². The third kappa shape index (κ3) is 3.85. The van der Waals surface area contributed by atoms with Gasteiger partial charge in [-0.2, -0.15) is 0 Å². The van der Waals surface area contributed by atoms with E-state index in [1.807, 2.05) is 17.0 Å². The molecule has 3 saturated carbocycles. The van der Waals surface area contributed by atoms with E-state index in [-0.39, 0.29) is 11.5 Å². The van der Waals surface area contributed by atoms with Crippen LogP contribution >= 0.6 is 0 Å². The van der Waals surface area contributed by atoms with Gasteiger partial charge in [0.25, 0.3) is 0 Å². The maximum absolute atomic E-state index is 13.6. The number of allylic oxidation sites excluding steroid dienone is 2. The Hall–Kier alpha value is -1.73. The lowest BCUT2D eigenvalue weighted by atomic mass is 9.45. The van der Waals surface area contributed by atoms with Gasteiger partial charge in [0.2, 0.25) is 0 Å². The van der Waals surface area contributed by atoms with Gasteiger partial charge >= 0.3 is 0 Å². The lowest BCUT2D eigenvalue weighted by molar-refractivity contribution is -0.146. The fourth-order valence-corrected chi connectivity index (χ4v) is 8.03. The molecule has 0 amide bonds. The molecule has 3 N–H and O–H groups in total. The van der Waals surface area contributed by atoms with Gasteiger partial charge in [-0.05, 0) is 80.5 Å². The Morgan fingerprint density at radius 1 is 1.24 bits per heavy atom. The summed E-state index contributed by atoms with van der Waals surface area (Å²) < 4.78 is 1.82. The highest BCUT2D eigenvalue weighted by atomic mass is 16.6. The van der Waals surface area contributed by atoms with Crippen LogP contribution < -0.4 is 11.2 Å². The predicted octanol–water partition coefficient (Wildman–Crippen LogP) is 4.31. The number of ketones is 1. The van der Waals surface area contributed by atoms with E-state index < -0.39 is 0 Å². The van der Waals surface area contributed by atoms with Gasteiger partial charge in [-0.25, -0.2) is 4.68 Å². The zero-order valence-electron chi connectivity index (χ0n) is 20.6. The fraction of sp³-hybridized carbons (Fsp3) is 0.808. The van der Waals surface area contributed by atoms with Crippen molar-refractivity contribution in [1.29, 1.82) is 0 Å². The van der Waals surface area contributed by atoms with E-state index in [0.29, 0.717) is 36.2 Å². The normalized spacial score (nSPS) is 38.8. The number of carbonyl (C=O) groups excluding carboxylic acids is 1. The number of nitrogens with one attached hydrogen (secondary N) is 1. The van der Waals surface area contributed by atoms with Crippen LogP contribution in [0.3, 0.4) is 0 Å². The van der Waals surface area contributed by atoms with E-state index in [1.54, 1.807) is 0 Å². The Morgan fingerprint density at radius 2 is 2.09 bits per heavy atom. The van der Waals surface area contributed by atoms with Crippen molar-refractivity contribution >= 4 is 5.78 Å². The minimum absolute atomic E-state index is 0.0776. The van der Waals surface area contributed by atoms with Crippen molar-refractivity contribution in [1.82, 2.24) is 20.5 Å². The van der Waals surface area contributed by atoms with E-state index in [0.717, 1.165) is 42.5 Å². The van der Waals surface area contributed by atoms with Gasteiger partial charge < -0.3 is 5.73 Å². The molecule has 0 aromatic carbocycles. The Kier molecular flexibility index (Phi) is 6.15. The number of hydroxylamine groups is 1. The molecule has 7 atom stereocenters. The summed E-state index contributed by atoms with van der Waals surface area (Å²) in [6, 6.07) is 0.0776. The first kappa shape index (κ1) is 23.0. The Balaban J connectivity index is 1.24. The van der Waals surface area contributed by atoms with Crippen molar-refractivity contribution in [3.63, 3.8) is 0 Å². The molecule has 33 heavy (non-hydrogen) atoms. The first-order valence-corrected chi connectivity index (χ1v) is 13.1. The maximum Gasteiger partial charge on any atom is 0.163 e. The molecule has 182 valence electrons. The monoisotopic (exact) mass is 455 g/mol. The fourth-order valence-electron chi connectivity index (χ4n) is 8.03. The summed E-state index contributed by atoms with van der Waals surface area (Å²) in [6.45, 7) is 7.76. The summed E-state index contributed by atoms with van der Waals surface area (Å²) in [7, 11) is 0. The van der Waals surface area contributed by atoms with Gasteiger partial charge in [0.05, 0.1) is 24.5 Å². The molecular formula is C26H41N5O2. The van der Waals surface area contributed by atoms with E-state index >= 15 is 0 Å². The van der Waals surface area contributed by atoms with Gasteiger partial charge in [-0.15, -0.1) is 5.10 Å². The molecule has 7 heteroatoms. The molecule has 5 unspecified atom stereocenters. The molecule has 1 heterocycles. The molecule has 1 aromatic rings. The van der Waals surface area contributed by atoms with E-state index in [9.17, 15) is 4.79 Å². The Morgan fingerprint density at radius 3 is 2.85 bits per heavy atom. The molecule has 0 spiro atoms. The predicted molar refractivity (Wildman–Crippen MR) is 127 cm³/mol. The molecule has 7 nitrogen and oxygen atoms in total. The van der Waals surface area contributed by atoms with Crippen LogP contribution in [-0.2, 0) is 16.2 Å². The molecule has 0 radical (unpaired) electrons. The zero-order valence-corrected chi connectivity index (χ0v) is 20.6. The van der Waals surface area contributed by atoms with Crippen molar-refractivity contribution < 1.29 is 9.63 Å². The van der Waals surface area contributed by atoms with Crippen molar-refractivity contribution in [3.8, 4) is 0 Å². The summed E-state index contributed by atoms with van der Waals surface area (Å²) in [5.41, 5.74) is 10.8. The second-order valence-corrected chi connectivity index (χ2v) is 11.6. The highest BCUT2D eigenvalue weighted by Crippen LogP contribution is 2.65. The molecule has 0 aliphatic heterocycles. The van der Waals surface area contributed by atoms with Crippen LogP contribution in [0.15, 0.2) is 18.0 Å². The molecule has 0 bridgehead atoms. The molecule has 5 rings (SSSR count). The molecule has 3 fully saturated rings. The highest BCUT2D eigenvalue weighted by Gasteiger charge is 2.59. The van der Waals surface area contributed by atoms with Crippen molar-refractivity contribution in [3.05, 3.63) is 23.7 Å². The topological polar surface area (TPSA) is 95.1 Å². The number of hydrogen-bond donors (Lipinski definition) is 2. The Bertz CT molecular complexity index is 912. The molecule has 4 aliphatic rings. The third-order valence-electron chi connectivity index (χ3n) is 10.1. The molecule has 0 saturated heterocycles. The lowest BCUT2D eigenvalue weighted by Gasteiger charge is -2.58. The van der Waals surface area contributed by atoms with Gasteiger partial charge in [0.15, 0.2) is 5.78 Å². The minimum atomic E-state index is -0.205. The first-order valence-electron chi connectivity index (χ1n) is 13.1. The van der Waals surface area contributed by atoms with Gasteiger partial charge in [-0.3, -0.25) is 15.1 Å². The van der Waals surface area contributed by atoms with Crippen molar-refractivity contribution in [2.75, 3.05) is 6.61 Å². The zero-order chi connectivity index (χ0) is 23.2. The molecule has 1 aromatic heterocycles. The molecule has 4 aliphatic carbocycles. The Labute approximate surface area is 197 Å². The lowest BCUT2D eigenvalue weighted by Crippen LogP contribution is -2.55. The van der Waals surface area contributed by atoms with Gasteiger partial charge in [-0.1, -0.05) is 32.4 Å². The van der Waals surface area contributed by atoms with Crippen LogP contribution in [0.5, 0.6) is 0 Å². The number of nitrogens with zero attached hydrogens (tertiary/aromatic N) is 3. The van der Waals surface area contributed by atoms with E-state index in [4.69, 9.17) is 10.6 Å². The highest BCUT2D eigenvalue weighted by molar-refractivity contribution is 5.96. The van der Waals surface area contributed by atoms with Crippen LogP contribution in [-0.4, -0.2) is 27.4 Å². The quantitative estimate of drug-likeness (QED) is 0.595. The standard InChI is InChI=1S/C26H41N5O2/c1-4-20(31-15-19(14-27)28-30-31)16-33-29-18-12-17-7-8-21-22-6-5-10-25(22,2)11-9-23(21)26(17,3)24(32)13-18/h13,15,17,20-23,29H,4-12,14,16,27H2,1-3H3/t17?,20?,21?,22?,23?,25-,26-/m0/s1. The van der Waals surface area contributed by atoms with Crippen molar-refractivity contribution in [2.24, 2.45) is 40.2 Å². The van der Waals surface area contributed by atoms with E-state index in [1.165, 1.54) is 38.5 Å². The van der Waals surface area contributed by atoms with Crippen molar-refractivity contribution in [2.45, 2.75) is 91.1 Å². The summed E-state index contributed by atoms with van der Waals surface area (Å²) in [5, 5.41) is 8.25. The number of fused-ring (bicyclic) bond motifs is 5. The van der Waals surface area contributed by atoms with Crippen LogP contribution in [0.2, 0.25) is 0 Å². The van der Waals surface area contributed by atoms with Crippen LogP contribution in [0, 0.1) is 34.5 Å². The summed E-state index contributed by atoms with van der Waals surface area (Å²) in [6.07, 6.45) is 14.6. The average molecular weight is 456 g/mol. The smallest absolute Gasteiger partial charge is 0.163 e. The second-order valence-electron chi connectivity index (χ2n) is 11.6. The average Bonchev–Trinajstić information content (AvgIpc) is 3.44.